The van der Waals surface area contributed by atoms with Crippen molar-refractivity contribution in [2.45, 2.75) is 33.6 Å². The molecule has 23 heavy (non-hydrogen) atoms. The molecule has 6 heteroatoms. The monoisotopic (exact) mass is 321 g/mol. The third-order valence-corrected chi connectivity index (χ3v) is 4.27. The molecule has 2 rings (SSSR count). The van der Waals surface area contributed by atoms with Gasteiger partial charge in [0, 0.05) is 12.5 Å². The Morgan fingerprint density at radius 1 is 1.52 bits per heavy atom. The van der Waals surface area contributed by atoms with Crippen LogP contribution in [0.5, 0.6) is 0 Å². The van der Waals surface area contributed by atoms with Gasteiger partial charge in [-0.15, -0.1) is 0 Å². The van der Waals surface area contributed by atoms with E-state index in [1.54, 1.807) is 13.8 Å². The second-order valence-corrected chi connectivity index (χ2v) is 6.14. The molecule has 1 unspecified atom stereocenters. The molecule has 124 valence electrons. The standard InChI is InChI=1S/C17H20FNO4/c1-10-12-4-5-17(3,9-23-7-6-20)16(22)15(12)14(8-13(10)18)19-11(2)21/h6,8H,4-5,7,9H2,1-3H3,(H,19,21). The van der Waals surface area contributed by atoms with Crippen LogP contribution in [0.4, 0.5) is 10.1 Å². The predicted molar refractivity (Wildman–Crippen MR) is 83.1 cm³/mol. The highest BCUT2D eigenvalue weighted by Gasteiger charge is 2.41. The fraction of sp³-hybridized carbons (Fsp3) is 0.471. The average molecular weight is 321 g/mol. The number of rotatable bonds is 5. The van der Waals surface area contributed by atoms with E-state index in [-0.39, 0.29) is 30.6 Å². The molecule has 1 aliphatic carbocycles. The van der Waals surface area contributed by atoms with Crippen LogP contribution in [-0.4, -0.2) is 31.2 Å². The van der Waals surface area contributed by atoms with E-state index in [0.29, 0.717) is 35.8 Å². The van der Waals surface area contributed by atoms with Crippen molar-refractivity contribution < 1.29 is 23.5 Å². The van der Waals surface area contributed by atoms with Gasteiger partial charge in [-0.25, -0.2) is 4.39 Å². The molecule has 1 aromatic rings. The molecule has 0 heterocycles. The molecule has 0 aromatic heterocycles. The summed E-state index contributed by atoms with van der Waals surface area (Å²) in [7, 11) is 0. The summed E-state index contributed by atoms with van der Waals surface area (Å²) in [6.45, 7) is 4.74. The molecule has 0 bridgehead atoms. The SMILES string of the molecule is CC(=O)Nc1cc(F)c(C)c2c1C(=O)C(C)(COCC=O)CC2. The fourth-order valence-electron chi connectivity index (χ4n) is 2.95. The molecule has 1 amide bonds. The summed E-state index contributed by atoms with van der Waals surface area (Å²) < 4.78 is 19.3. The molecule has 0 spiro atoms. The van der Waals surface area contributed by atoms with Crippen molar-refractivity contribution in [2.24, 2.45) is 5.41 Å². The van der Waals surface area contributed by atoms with Gasteiger partial charge in [0.1, 0.15) is 18.7 Å². The van der Waals surface area contributed by atoms with Crippen LogP contribution in [0.2, 0.25) is 0 Å². The Morgan fingerprint density at radius 2 is 2.22 bits per heavy atom. The molecule has 0 fully saturated rings. The topological polar surface area (TPSA) is 72.5 Å². The van der Waals surface area contributed by atoms with Crippen LogP contribution in [0.3, 0.4) is 0 Å². The van der Waals surface area contributed by atoms with E-state index >= 15 is 0 Å². The largest absolute Gasteiger partial charge is 0.373 e. The van der Waals surface area contributed by atoms with Crippen LogP contribution in [0, 0.1) is 18.2 Å². The van der Waals surface area contributed by atoms with Crippen LogP contribution >= 0.6 is 0 Å². The lowest BCUT2D eigenvalue weighted by Crippen LogP contribution is -2.38. The minimum absolute atomic E-state index is 0.0727. The number of amides is 1. The molecule has 1 aliphatic rings. The van der Waals surface area contributed by atoms with Crippen LogP contribution < -0.4 is 5.32 Å². The van der Waals surface area contributed by atoms with E-state index in [0.717, 1.165) is 0 Å². The number of nitrogens with one attached hydrogen (secondary N) is 1. The minimum atomic E-state index is -0.798. The van der Waals surface area contributed by atoms with Gasteiger partial charge in [-0.3, -0.25) is 9.59 Å². The average Bonchev–Trinajstić information content (AvgIpc) is 2.47. The maximum Gasteiger partial charge on any atom is 0.221 e. The Hall–Kier alpha value is -2.08. The van der Waals surface area contributed by atoms with E-state index in [2.05, 4.69) is 5.32 Å². The third-order valence-electron chi connectivity index (χ3n) is 4.27. The van der Waals surface area contributed by atoms with Gasteiger partial charge in [-0.05, 0) is 37.0 Å². The Bertz CT molecular complexity index is 671. The number of aldehydes is 1. The first-order valence-corrected chi connectivity index (χ1v) is 7.46. The van der Waals surface area contributed by atoms with Gasteiger partial charge >= 0.3 is 0 Å². The van der Waals surface area contributed by atoms with E-state index in [9.17, 15) is 18.8 Å². The van der Waals surface area contributed by atoms with Gasteiger partial charge in [-0.2, -0.15) is 0 Å². The molecule has 0 aliphatic heterocycles. The lowest BCUT2D eigenvalue weighted by molar-refractivity contribution is -0.114. The maximum atomic E-state index is 14.1. The number of hydrogen-bond acceptors (Lipinski definition) is 4. The van der Waals surface area contributed by atoms with Crippen molar-refractivity contribution in [3.63, 3.8) is 0 Å². The van der Waals surface area contributed by atoms with E-state index in [1.807, 2.05) is 0 Å². The number of fused-ring (bicyclic) bond motifs is 1. The third kappa shape index (κ3) is 3.32. The normalized spacial score (nSPS) is 20.1. The Morgan fingerprint density at radius 3 is 2.83 bits per heavy atom. The van der Waals surface area contributed by atoms with Crippen molar-refractivity contribution in [1.29, 1.82) is 0 Å². The molecule has 0 saturated heterocycles. The summed E-state index contributed by atoms with van der Waals surface area (Å²) in [6.07, 6.45) is 1.65. The number of Topliss-reactive ketones (excluding diaryl/α,β-unsaturated/α-hetero) is 1. The van der Waals surface area contributed by atoms with Gasteiger partial charge in [0.05, 0.1) is 17.7 Å². The lowest BCUT2D eigenvalue weighted by atomic mass is 9.71. The number of carbonyl (C=O) groups excluding carboxylic acids is 3. The number of halogens is 1. The van der Waals surface area contributed by atoms with Crippen molar-refractivity contribution >= 4 is 23.7 Å². The van der Waals surface area contributed by atoms with Crippen LogP contribution in [-0.2, 0) is 20.7 Å². The number of carbonyl (C=O) groups is 3. The quantitative estimate of drug-likeness (QED) is 0.668. The number of ketones is 1. The van der Waals surface area contributed by atoms with Crippen molar-refractivity contribution in [2.75, 3.05) is 18.5 Å². The van der Waals surface area contributed by atoms with E-state index in [1.165, 1.54) is 13.0 Å². The summed E-state index contributed by atoms with van der Waals surface area (Å²) in [6, 6.07) is 1.19. The molecule has 0 saturated carbocycles. The van der Waals surface area contributed by atoms with Crippen molar-refractivity contribution in [3.8, 4) is 0 Å². The molecular weight excluding hydrogens is 301 g/mol. The zero-order valence-corrected chi connectivity index (χ0v) is 13.5. The van der Waals surface area contributed by atoms with Gasteiger partial charge in [0.2, 0.25) is 5.91 Å². The van der Waals surface area contributed by atoms with Gasteiger partial charge in [0.25, 0.3) is 0 Å². The van der Waals surface area contributed by atoms with E-state index < -0.39 is 11.2 Å². The molecule has 0 radical (unpaired) electrons. The number of anilines is 1. The molecule has 1 aromatic carbocycles. The summed E-state index contributed by atoms with van der Waals surface area (Å²) in [5.74, 6) is -1.01. The Labute approximate surface area is 134 Å². The Balaban J connectivity index is 2.47. The molecule has 1 N–H and O–H groups in total. The second-order valence-electron chi connectivity index (χ2n) is 6.14. The number of hydrogen-bond donors (Lipinski definition) is 1. The highest BCUT2D eigenvalue weighted by Crippen LogP contribution is 2.40. The first-order valence-electron chi connectivity index (χ1n) is 7.46. The van der Waals surface area contributed by atoms with Gasteiger partial charge in [0.15, 0.2) is 5.78 Å². The summed E-state index contributed by atoms with van der Waals surface area (Å²) in [5.41, 5.74) is 0.808. The Kier molecular flexibility index (Phi) is 4.94. The minimum Gasteiger partial charge on any atom is -0.373 e. The summed E-state index contributed by atoms with van der Waals surface area (Å²) >= 11 is 0. The van der Waals surface area contributed by atoms with Crippen LogP contribution in [0.15, 0.2) is 6.07 Å². The predicted octanol–water partition coefficient (Wildman–Crippen LogP) is 2.44. The zero-order valence-electron chi connectivity index (χ0n) is 13.5. The first kappa shape index (κ1) is 17.3. The van der Waals surface area contributed by atoms with Crippen molar-refractivity contribution in [1.82, 2.24) is 0 Å². The van der Waals surface area contributed by atoms with E-state index in [4.69, 9.17) is 4.74 Å². The maximum absolute atomic E-state index is 14.1. The molecule has 1 atom stereocenters. The van der Waals surface area contributed by atoms with Gasteiger partial charge in [-0.1, -0.05) is 6.92 Å². The zero-order chi connectivity index (χ0) is 17.2. The molecular formula is C17H20FNO4. The van der Waals surface area contributed by atoms with Crippen LogP contribution in [0.25, 0.3) is 0 Å². The first-order chi connectivity index (χ1) is 10.8. The van der Waals surface area contributed by atoms with Crippen molar-refractivity contribution in [3.05, 3.63) is 28.6 Å². The molecule has 5 nitrogen and oxygen atoms in total. The lowest BCUT2D eigenvalue weighted by Gasteiger charge is -2.34. The number of benzene rings is 1. The summed E-state index contributed by atoms with van der Waals surface area (Å²) in [5, 5.41) is 2.54. The highest BCUT2D eigenvalue weighted by atomic mass is 19.1. The highest BCUT2D eigenvalue weighted by molar-refractivity contribution is 6.09. The summed E-state index contributed by atoms with van der Waals surface area (Å²) in [4.78, 5) is 34.7. The van der Waals surface area contributed by atoms with Gasteiger partial charge < -0.3 is 14.8 Å². The second kappa shape index (κ2) is 6.58. The smallest absolute Gasteiger partial charge is 0.221 e. The number of ether oxygens (including phenoxy) is 1. The fourth-order valence-corrected chi connectivity index (χ4v) is 2.95. The van der Waals surface area contributed by atoms with Crippen LogP contribution in [0.1, 0.15) is 41.8 Å².